The van der Waals surface area contributed by atoms with Gasteiger partial charge in [0.25, 0.3) is 11.8 Å². The first-order valence-electron chi connectivity index (χ1n) is 15.0. The molecule has 15 nitrogen and oxygen atoms in total. The lowest BCUT2D eigenvalue weighted by Gasteiger charge is -2.25. The molecule has 8 amide bonds. The molecule has 252 valence electrons. The molecule has 1 aliphatic heterocycles. The van der Waals surface area contributed by atoms with Crippen molar-refractivity contribution in [2.45, 2.75) is 71.1 Å². The first kappa shape index (κ1) is 37.6. The lowest BCUT2D eigenvalue weighted by Crippen LogP contribution is -2.54. The number of nitrogens with zero attached hydrogens (tertiary/aromatic N) is 1. The van der Waals surface area contributed by atoms with E-state index in [9.17, 15) is 33.6 Å². The van der Waals surface area contributed by atoms with Crippen molar-refractivity contribution in [3.63, 3.8) is 0 Å². The van der Waals surface area contributed by atoms with Gasteiger partial charge in [-0.1, -0.05) is 32.4 Å². The molecule has 46 heavy (non-hydrogen) atoms. The van der Waals surface area contributed by atoms with Crippen molar-refractivity contribution in [1.29, 1.82) is 0 Å². The summed E-state index contributed by atoms with van der Waals surface area (Å²) in [4.78, 5) is 86.5. The number of thiol groups is 1. The molecule has 0 saturated heterocycles. The van der Waals surface area contributed by atoms with E-state index in [1.165, 1.54) is 13.1 Å². The number of carbonyl (C=O) groups excluding carboxylic acids is 7. The van der Waals surface area contributed by atoms with E-state index >= 15 is 0 Å². The number of hydrogen-bond acceptors (Lipinski definition) is 9. The van der Waals surface area contributed by atoms with Gasteiger partial charge in [0.05, 0.1) is 4.91 Å². The van der Waals surface area contributed by atoms with Crippen LogP contribution in [0, 0.1) is 5.92 Å². The van der Waals surface area contributed by atoms with Crippen LogP contribution in [0.2, 0.25) is 0 Å². The summed E-state index contributed by atoms with van der Waals surface area (Å²) in [5.74, 6) is -2.55. The highest BCUT2D eigenvalue weighted by Gasteiger charge is 2.30. The van der Waals surface area contributed by atoms with Gasteiger partial charge < -0.3 is 37.1 Å². The molecule has 0 fully saturated rings. The van der Waals surface area contributed by atoms with Crippen molar-refractivity contribution >= 4 is 60.0 Å². The highest BCUT2D eigenvalue weighted by molar-refractivity contribution is 7.85. The maximum atomic E-state index is 13.3. The van der Waals surface area contributed by atoms with Crippen molar-refractivity contribution < 1.29 is 38.3 Å². The van der Waals surface area contributed by atoms with E-state index in [2.05, 4.69) is 39.2 Å². The zero-order chi connectivity index (χ0) is 34.2. The molecule has 0 aliphatic carbocycles. The molecule has 7 N–H and O–H groups in total. The summed E-state index contributed by atoms with van der Waals surface area (Å²) >= 11 is 3.97. The van der Waals surface area contributed by atoms with Crippen LogP contribution in [0.25, 0.3) is 0 Å². The zero-order valence-corrected chi connectivity index (χ0v) is 27.1. The predicted octanol–water partition coefficient (Wildman–Crippen LogP) is 1.30. The fourth-order valence-electron chi connectivity index (χ4n) is 4.40. The zero-order valence-electron chi connectivity index (χ0n) is 26.2. The molecule has 0 saturated carbocycles. The maximum absolute atomic E-state index is 13.3. The molecule has 1 aliphatic rings. The second-order valence-electron chi connectivity index (χ2n) is 10.9. The Morgan fingerprint density at radius 2 is 1.65 bits per heavy atom. The molecule has 0 radical (unpaired) electrons. The fraction of sp³-hybridized carbons (Fsp3) is 0.500. The molecule has 1 aromatic carbocycles. The van der Waals surface area contributed by atoms with Crippen LogP contribution in [0.1, 0.15) is 57.9 Å². The first-order chi connectivity index (χ1) is 21.8. The lowest BCUT2D eigenvalue weighted by molar-refractivity contribution is -0.137. The van der Waals surface area contributed by atoms with Crippen molar-refractivity contribution in [2.75, 3.05) is 25.5 Å². The Hall–Kier alpha value is -4.60. The van der Waals surface area contributed by atoms with Crippen LogP contribution in [-0.4, -0.2) is 78.8 Å². The van der Waals surface area contributed by atoms with E-state index in [1.54, 1.807) is 38.1 Å². The van der Waals surface area contributed by atoms with Gasteiger partial charge in [-0.05, 0) is 49.3 Å². The minimum Gasteiger partial charge on any atom is -0.445 e. The highest BCUT2D eigenvalue weighted by atomic mass is 32.1. The number of amides is 8. The largest absolute Gasteiger partial charge is 0.445 e. The highest BCUT2D eigenvalue weighted by Crippen LogP contribution is 2.17. The number of nitrogens with one attached hydrogen (secondary N) is 5. The van der Waals surface area contributed by atoms with Gasteiger partial charge in [0.15, 0.2) is 0 Å². The van der Waals surface area contributed by atoms with Crippen LogP contribution in [0.5, 0.6) is 0 Å². The SMILES string of the molecule is CNC(=O)OCc1ccc(NC(=O)[C@H](CCCNC(N)=O)NC(=O)C(NC(=O)CCCCCN2C(=O)C=C(S)C2=O)C(C)C)cc1. The van der Waals surface area contributed by atoms with Gasteiger partial charge in [0.1, 0.15) is 18.7 Å². The average Bonchev–Trinajstić information content (AvgIpc) is 3.25. The van der Waals surface area contributed by atoms with E-state index in [4.69, 9.17) is 10.5 Å². The standard InChI is InChI=1S/C30H43N7O8S/c1-18(2)25(36-23(38)9-5-4-6-15-37-24(39)16-22(46)28(37)42)27(41)35-21(8-7-14-33-29(31)43)26(40)34-20-12-10-19(11-13-20)17-45-30(44)32-3/h10-13,16,18,21,25,46H,4-9,14-15,17H2,1-3H3,(H,32,44)(H,34,40)(H,35,41)(H,36,38)(H3,31,33,43)/t21-,25?/m0/s1. The van der Waals surface area contributed by atoms with Gasteiger partial charge in [0.2, 0.25) is 17.7 Å². The minimum atomic E-state index is -1.00. The molecule has 1 unspecified atom stereocenters. The van der Waals surface area contributed by atoms with E-state index in [1.807, 2.05) is 0 Å². The number of hydrogen-bond donors (Lipinski definition) is 7. The Morgan fingerprint density at radius 3 is 2.24 bits per heavy atom. The maximum Gasteiger partial charge on any atom is 0.407 e. The summed E-state index contributed by atoms with van der Waals surface area (Å²) in [7, 11) is 1.45. The summed E-state index contributed by atoms with van der Waals surface area (Å²) in [6, 6.07) is 3.96. The van der Waals surface area contributed by atoms with Crippen LogP contribution >= 0.6 is 12.6 Å². The summed E-state index contributed by atoms with van der Waals surface area (Å²) in [6.45, 7) is 3.98. The summed E-state index contributed by atoms with van der Waals surface area (Å²) < 4.78 is 5.00. The number of ether oxygens (including phenoxy) is 1. The number of imide groups is 1. The van der Waals surface area contributed by atoms with E-state index in [-0.39, 0.29) is 49.3 Å². The van der Waals surface area contributed by atoms with Gasteiger partial charge in [-0.3, -0.25) is 28.9 Å². The number of primary amides is 1. The van der Waals surface area contributed by atoms with Crippen LogP contribution in [0.15, 0.2) is 35.2 Å². The second-order valence-corrected chi connectivity index (χ2v) is 11.4. The van der Waals surface area contributed by atoms with Gasteiger partial charge >= 0.3 is 12.1 Å². The molecular formula is C30H43N7O8S. The Morgan fingerprint density at radius 1 is 0.957 bits per heavy atom. The summed E-state index contributed by atoms with van der Waals surface area (Å²) in [5, 5.41) is 13.0. The van der Waals surface area contributed by atoms with Crippen LogP contribution in [0.3, 0.4) is 0 Å². The van der Waals surface area contributed by atoms with Crippen molar-refractivity contribution in [1.82, 2.24) is 26.2 Å². The predicted molar refractivity (Wildman–Crippen MR) is 172 cm³/mol. The molecule has 0 aromatic heterocycles. The van der Waals surface area contributed by atoms with Crippen molar-refractivity contribution in [3.8, 4) is 0 Å². The van der Waals surface area contributed by atoms with Gasteiger partial charge in [-0.2, -0.15) is 0 Å². The van der Waals surface area contributed by atoms with Gasteiger partial charge in [-0.15, -0.1) is 12.6 Å². The normalized spacial score (nSPS) is 13.8. The number of urea groups is 1. The summed E-state index contributed by atoms with van der Waals surface area (Å²) in [5.41, 5.74) is 6.26. The smallest absolute Gasteiger partial charge is 0.407 e. The topological polar surface area (TPSA) is 218 Å². The molecule has 1 aromatic rings. The number of carbonyl (C=O) groups is 7. The Balaban J connectivity index is 1.94. The Kier molecular flexibility index (Phi) is 15.6. The quantitative estimate of drug-likeness (QED) is 0.0689. The number of unbranched alkanes of at least 4 members (excludes halogenated alkanes) is 2. The van der Waals surface area contributed by atoms with Crippen LogP contribution in [-0.2, 0) is 35.3 Å². The van der Waals surface area contributed by atoms with Crippen LogP contribution in [0.4, 0.5) is 15.3 Å². The molecule has 1 heterocycles. The minimum absolute atomic E-state index is 0.0390. The third-order valence-electron chi connectivity index (χ3n) is 6.94. The molecule has 0 spiro atoms. The van der Waals surface area contributed by atoms with Crippen molar-refractivity contribution in [2.24, 2.45) is 11.7 Å². The number of nitrogens with two attached hydrogens (primary N) is 1. The number of benzene rings is 1. The second kappa shape index (κ2) is 19.0. The van der Waals surface area contributed by atoms with E-state index in [0.29, 0.717) is 36.9 Å². The van der Waals surface area contributed by atoms with Crippen molar-refractivity contribution in [3.05, 3.63) is 40.8 Å². The molecule has 16 heteroatoms. The summed E-state index contributed by atoms with van der Waals surface area (Å²) in [6.07, 6.45) is 2.79. The van der Waals surface area contributed by atoms with Gasteiger partial charge in [-0.25, -0.2) is 9.59 Å². The van der Waals surface area contributed by atoms with Crippen LogP contribution < -0.4 is 32.3 Å². The Labute approximate surface area is 273 Å². The average molecular weight is 662 g/mol. The third-order valence-corrected chi connectivity index (χ3v) is 7.26. The molecule has 2 atom stereocenters. The lowest BCUT2D eigenvalue weighted by atomic mass is 10.0. The van der Waals surface area contributed by atoms with Gasteiger partial charge in [0, 0.05) is 38.3 Å². The van der Waals surface area contributed by atoms with E-state index in [0.717, 1.165) is 4.90 Å². The molecule has 0 bridgehead atoms. The number of rotatable bonds is 18. The third kappa shape index (κ3) is 12.8. The molecular weight excluding hydrogens is 618 g/mol. The number of alkyl carbamates (subject to hydrolysis) is 1. The number of anilines is 1. The molecule has 2 rings (SSSR count). The van der Waals surface area contributed by atoms with E-state index < -0.39 is 47.8 Å². The fourth-order valence-corrected chi connectivity index (χ4v) is 4.63. The first-order valence-corrected chi connectivity index (χ1v) is 15.4. The monoisotopic (exact) mass is 661 g/mol. The Bertz CT molecular complexity index is 1300.